The molecule has 0 radical (unpaired) electrons. The molecular weight excluding hydrogens is 369 g/mol. The summed E-state index contributed by atoms with van der Waals surface area (Å²) >= 11 is 0. The first-order chi connectivity index (χ1) is 14.0. The molecule has 0 bridgehead atoms. The fourth-order valence-electron chi connectivity index (χ4n) is 2.75. The van der Waals surface area contributed by atoms with Gasteiger partial charge in [-0.15, -0.1) is 0 Å². The van der Waals surface area contributed by atoms with Gasteiger partial charge >= 0.3 is 0 Å². The predicted octanol–water partition coefficient (Wildman–Crippen LogP) is 4.11. The van der Waals surface area contributed by atoms with E-state index >= 15 is 0 Å². The van der Waals surface area contributed by atoms with Crippen LogP contribution in [0.1, 0.15) is 21.5 Å². The van der Waals surface area contributed by atoms with Crippen LogP contribution >= 0.6 is 0 Å². The van der Waals surface area contributed by atoms with E-state index in [-0.39, 0.29) is 24.0 Å². The van der Waals surface area contributed by atoms with Gasteiger partial charge in [0.05, 0.1) is 23.5 Å². The van der Waals surface area contributed by atoms with Crippen molar-refractivity contribution in [3.05, 3.63) is 95.3 Å². The minimum absolute atomic E-state index is 0.125. The highest BCUT2D eigenvalue weighted by Crippen LogP contribution is 2.16. The largest absolute Gasteiger partial charge is 0.374 e. The van der Waals surface area contributed by atoms with Gasteiger partial charge in [-0.3, -0.25) is 9.59 Å². The van der Waals surface area contributed by atoms with Crippen molar-refractivity contribution in [1.82, 2.24) is 5.32 Å². The van der Waals surface area contributed by atoms with Gasteiger partial charge in [0.1, 0.15) is 5.82 Å². The molecule has 0 saturated carbocycles. The van der Waals surface area contributed by atoms with Crippen molar-refractivity contribution in [3.63, 3.8) is 0 Å². The number of halogens is 1. The molecule has 0 fully saturated rings. The van der Waals surface area contributed by atoms with Crippen molar-refractivity contribution >= 4 is 23.2 Å². The van der Waals surface area contributed by atoms with Gasteiger partial charge in [0.25, 0.3) is 5.91 Å². The Morgan fingerprint density at radius 1 is 0.862 bits per heavy atom. The maximum absolute atomic E-state index is 13.6. The van der Waals surface area contributed by atoms with Crippen LogP contribution in [0.5, 0.6) is 0 Å². The van der Waals surface area contributed by atoms with Crippen molar-refractivity contribution < 1.29 is 14.0 Å². The normalized spacial score (nSPS) is 10.3. The number of hydrogen-bond donors (Lipinski definition) is 3. The second-order valence-corrected chi connectivity index (χ2v) is 6.60. The molecule has 148 valence electrons. The van der Waals surface area contributed by atoms with E-state index in [1.165, 1.54) is 6.07 Å². The van der Waals surface area contributed by atoms with Gasteiger partial charge < -0.3 is 16.0 Å². The maximum Gasteiger partial charge on any atom is 0.253 e. The third-order valence-electron chi connectivity index (χ3n) is 4.33. The number of hydrogen-bond acceptors (Lipinski definition) is 3. The molecule has 3 rings (SSSR count). The number of rotatable bonds is 7. The smallest absolute Gasteiger partial charge is 0.253 e. The summed E-state index contributed by atoms with van der Waals surface area (Å²) in [5, 5.41) is 8.31. The van der Waals surface area contributed by atoms with Gasteiger partial charge in [0.2, 0.25) is 5.91 Å². The number of nitrogens with one attached hydrogen (secondary N) is 3. The first-order valence-corrected chi connectivity index (χ1v) is 9.24. The Kier molecular flexibility index (Phi) is 6.58. The van der Waals surface area contributed by atoms with Crippen LogP contribution in [0.4, 0.5) is 15.8 Å². The topological polar surface area (TPSA) is 70.2 Å². The highest BCUT2D eigenvalue weighted by Gasteiger charge is 2.13. The second kappa shape index (κ2) is 9.50. The van der Waals surface area contributed by atoms with E-state index in [0.717, 1.165) is 11.1 Å². The molecular formula is C23H22FN3O2. The fraction of sp³-hybridized carbons (Fsp3) is 0.130. The number of carbonyl (C=O) groups excluding carboxylic acids is 2. The average molecular weight is 391 g/mol. The first kappa shape index (κ1) is 20.1. The number of aryl methyl sites for hydroxylation is 1. The van der Waals surface area contributed by atoms with Crippen LogP contribution < -0.4 is 16.0 Å². The van der Waals surface area contributed by atoms with E-state index < -0.39 is 5.82 Å². The van der Waals surface area contributed by atoms with E-state index in [2.05, 4.69) is 16.0 Å². The SMILES string of the molecule is Cc1ccc(CNC(=O)c2ccccc2NC(=O)CNc2ccccc2F)cc1. The van der Waals surface area contributed by atoms with Crippen molar-refractivity contribution in [1.29, 1.82) is 0 Å². The maximum atomic E-state index is 13.6. The van der Waals surface area contributed by atoms with Gasteiger partial charge in [-0.25, -0.2) is 4.39 Å². The summed E-state index contributed by atoms with van der Waals surface area (Å²) in [4.78, 5) is 24.8. The minimum Gasteiger partial charge on any atom is -0.374 e. The third kappa shape index (κ3) is 5.65. The average Bonchev–Trinajstić information content (AvgIpc) is 2.73. The van der Waals surface area contributed by atoms with Crippen molar-refractivity contribution in [2.75, 3.05) is 17.2 Å². The molecule has 0 aliphatic heterocycles. The minimum atomic E-state index is -0.434. The van der Waals surface area contributed by atoms with Gasteiger partial charge in [-0.2, -0.15) is 0 Å². The fourth-order valence-corrected chi connectivity index (χ4v) is 2.75. The van der Waals surface area contributed by atoms with Crippen LogP contribution in [-0.4, -0.2) is 18.4 Å². The molecule has 0 aliphatic rings. The van der Waals surface area contributed by atoms with Crippen molar-refractivity contribution in [2.45, 2.75) is 13.5 Å². The molecule has 5 nitrogen and oxygen atoms in total. The Bertz CT molecular complexity index is 1000. The molecule has 3 aromatic rings. The molecule has 0 spiro atoms. The van der Waals surface area contributed by atoms with E-state index in [9.17, 15) is 14.0 Å². The monoisotopic (exact) mass is 391 g/mol. The lowest BCUT2D eigenvalue weighted by Gasteiger charge is -2.12. The lowest BCUT2D eigenvalue weighted by Crippen LogP contribution is -2.27. The summed E-state index contributed by atoms with van der Waals surface area (Å²) in [6.45, 7) is 2.26. The molecule has 2 amide bonds. The number of amides is 2. The molecule has 3 aromatic carbocycles. The molecule has 0 atom stereocenters. The van der Waals surface area contributed by atoms with E-state index in [1.807, 2.05) is 31.2 Å². The lowest BCUT2D eigenvalue weighted by molar-refractivity contribution is -0.114. The van der Waals surface area contributed by atoms with Crippen LogP contribution in [-0.2, 0) is 11.3 Å². The van der Waals surface area contributed by atoms with E-state index in [0.29, 0.717) is 17.8 Å². The molecule has 0 heterocycles. The van der Waals surface area contributed by atoms with Crippen LogP contribution in [0.15, 0.2) is 72.8 Å². The van der Waals surface area contributed by atoms with Crippen LogP contribution in [0.2, 0.25) is 0 Å². The van der Waals surface area contributed by atoms with Crippen molar-refractivity contribution in [3.8, 4) is 0 Å². The zero-order valence-electron chi connectivity index (χ0n) is 16.0. The number of anilines is 2. The molecule has 0 aliphatic carbocycles. The quantitative estimate of drug-likeness (QED) is 0.568. The van der Waals surface area contributed by atoms with Crippen LogP contribution in [0.25, 0.3) is 0 Å². The molecule has 3 N–H and O–H groups in total. The van der Waals surface area contributed by atoms with Gasteiger partial charge in [-0.1, -0.05) is 54.1 Å². The third-order valence-corrected chi connectivity index (χ3v) is 4.33. The first-order valence-electron chi connectivity index (χ1n) is 9.24. The zero-order valence-corrected chi connectivity index (χ0v) is 16.0. The summed E-state index contributed by atoms with van der Waals surface area (Å²) in [5.41, 5.74) is 3.14. The zero-order chi connectivity index (χ0) is 20.6. The Labute approximate surface area is 169 Å². The standard InChI is InChI=1S/C23H22FN3O2/c1-16-10-12-17(13-11-16)14-26-23(29)18-6-2-4-8-20(18)27-22(28)15-25-21-9-5-3-7-19(21)24/h2-13,25H,14-15H2,1H3,(H,26,29)(H,27,28). The lowest BCUT2D eigenvalue weighted by atomic mass is 10.1. The van der Waals surface area contributed by atoms with Crippen LogP contribution in [0, 0.1) is 12.7 Å². The number of para-hydroxylation sites is 2. The Morgan fingerprint density at radius 2 is 1.52 bits per heavy atom. The van der Waals surface area contributed by atoms with Gasteiger partial charge in [-0.05, 0) is 36.8 Å². The van der Waals surface area contributed by atoms with Gasteiger partial charge in [0, 0.05) is 6.54 Å². The van der Waals surface area contributed by atoms with Crippen molar-refractivity contribution in [2.24, 2.45) is 0 Å². The van der Waals surface area contributed by atoms with E-state index in [1.54, 1.807) is 42.5 Å². The number of benzene rings is 3. The molecule has 0 unspecified atom stereocenters. The summed E-state index contributed by atoms with van der Waals surface area (Å²) in [7, 11) is 0. The molecule has 29 heavy (non-hydrogen) atoms. The highest BCUT2D eigenvalue weighted by atomic mass is 19.1. The Morgan fingerprint density at radius 3 is 2.24 bits per heavy atom. The van der Waals surface area contributed by atoms with Crippen LogP contribution in [0.3, 0.4) is 0 Å². The highest BCUT2D eigenvalue weighted by molar-refractivity contribution is 6.04. The predicted molar refractivity (Wildman–Crippen MR) is 112 cm³/mol. The van der Waals surface area contributed by atoms with Gasteiger partial charge in [0.15, 0.2) is 0 Å². The molecule has 0 aromatic heterocycles. The second-order valence-electron chi connectivity index (χ2n) is 6.60. The molecule has 6 heteroatoms. The summed E-state index contributed by atoms with van der Waals surface area (Å²) in [6, 6.07) is 20.8. The number of carbonyl (C=O) groups is 2. The summed E-state index contributed by atoms with van der Waals surface area (Å²) in [5.74, 6) is -1.10. The Hall–Kier alpha value is -3.67. The summed E-state index contributed by atoms with van der Waals surface area (Å²) in [6.07, 6.45) is 0. The Balaban J connectivity index is 1.60. The summed E-state index contributed by atoms with van der Waals surface area (Å²) < 4.78 is 13.6. The molecule has 0 saturated heterocycles. The van der Waals surface area contributed by atoms with E-state index in [4.69, 9.17) is 0 Å².